The molecule has 0 fully saturated rings. The van der Waals surface area contributed by atoms with Crippen molar-refractivity contribution >= 4 is 33.9 Å². The number of rotatable bonds is 9. The van der Waals surface area contributed by atoms with E-state index in [4.69, 9.17) is 19.8 Å². The summed E-state index contributed by atoms with van der Waals surface area (Å²) < 4.78 is 10.5. The van der Waals surface area contributed by atoms with E-state index in [2.05, 4.69) is 21.2 Å². The number of halogens is 1. The van der Waals surface area contributed by atoms with Crippen molar-refractivity contribution in [3.8, 4) is 11.8 Å². The number of carboxylic acids is 1. The maximum atomic E-state index is 11.9. The van der Waals surface area contributed by atoms with Gasteiger partial charge in [-0.1, -0.05) is 6.07 Å². The minimum Gasteiger partial charge on any atom is -0.481 e. The molecule has 24 heavy (non-hydrogen) atoms. The van der Waals surface area contributed by atoms with Gasteiger partial charge in [-0.2, -0.15) is 5.26 Å². The maximum Gasteiger partial charge on any atom is 0.341 e. The lowest BCUT2D eigenvalue weighted by Gasteiger charge is -2.07. The van der Waals surface area contributed by atoms with Gasteiger partial charge in [0.1, 0.15) is 17.4 Å². The summed E-state index contributed by atoms with van der Waals surface area (Å²) in [6, 6.07) is 6.67. The number of nitriles is 1. The second-order valence-electron chi connectivity index (χ2n) is 4.64. The molecule has 0 bridgehead atoms. The molecule has 0 aromatic heterocycles. The minimum absolute atomic E-state index is 0.0291. The number of nitrogens with one attached hydrogen (secondary N) is 1. The molecule has 1 rings (SSSR count). The quantitative estimate of drug-likeness (QED) is 0.375. The number of nitrogens with zero attached hydrogens (tertiary/aromatic N) is 1. The van der Waals surface area contributed by atoms with E-state index in [1.807, 2.05) is 6.07 Å². The molecule has 1 aromatic rings. The van der Waals surface area contributed by atoms with Gasteiger partial charge in [0.2, 0.25) is 0 Å². The van der Waals surface area contributed by atoms with Crippen LogP contribution in [0.25, 0.3) is 6.08 Å². The molecule has 0 aliphatic rings. The summed E-state index contributed by atoms with van der Waals surface area (Å²) in [7, 11) is 1.57. The monoisotopic (exact) mass is 396 g/mol. The van der Waals surface area contributed by atoms with Gasteiger partial charge in [-0.3, -0.25) is 4.79 Å². The van der Waals surface area contributed by atoms with E-state index in [0.29, 0.717) is 35.4 Å². The van der Waals surface area contributed by atoms with E-state index in [9.17, 15) is 9.59 Å². The molecule has 0 aliphatic carbocycles. The van der Waals surface area contributed by atoms with Crippen molar-refractivity contribution in [2.24, 2.45) is 0 Å². The van der Waals surface area contributed by atoms with E-state index < -0.39 is 18.5 Å². The van der Waals surface area contributed by atoms with Gasteiger partial charge in [-0.25, -0.2) is 4.79 Å². The van der Waals surface area contributed by atoms with Crippen LogP contribution in [0.2, 0.25) is 0 Å². The molecular formula is C16H17BrN2O5. The molecule has 0 atom stereocenters. The van der Waals surface area contributed by atoms with Gasteiger partial charge < -0.3 is 19.9 Å². The maximum absolute atomic E-state index is 11.9. The summed E-state index contributed by atoms with van der Waals surface area (Å²) in [6.45, 7) is 0.481. The molecule has 0 unspecified atom stereocenters. The van der Waals surface area contributed by atoms with Crippen molar-refractivity contribution < 1.29 is 24.2 Å². The van der Waals surface area contributed by atoms with Crippen LogP contribution in [0.15, 0.2) is 28.2 Å². The Morgan fingerprint density at radius 1 is 1.46 bits per heavy atom. The molecule has 2 N–H and O–H groups in total. The number of carbonyl (C=O) groups excluding carboxylic acids is 1. The first-order valence-corrected chi connectivity index (χ1v) is 7.80. The summed E-state index contributed by atoms with van der Waals surface area (Å²) in [5.74, 6) is -1.18. The van der Waals surface area contributed by atoms with Crippen molar-refractivity contribution in [1.82, 2.24) is 5.32 Å². The molecule has 7 nitrogen and oxygen atoms in total. The number of amides is 1. The topological polar surface area (TPSA) is 109 Å². The zero-order valence-corrected chi connectivity index (χ0v) is 14.6. The van der Waals surface area contributed by atoms with Crippen LogP contribution in [0, 0.1) is 11.3 Å². The van der Waals surface area contributed by atoms with Gasteiger partial charge in [0.05, 0.1) is 4.47 Å². The molecule has 0 saturated carbocycles. The molecule has 1 aromatic carbocycles. The van der Waals surface area contributed by atoms with Crippen molar-refractivity contribution in [3.63, 3.8) is 0 Å². The van der Waals surface area contributed by atoms with Crippen molar-refractivity contribution in [2.45, 2.75) is 6.42 Å². The Labute approximate surface area is 148 Å². The Bertz CT molecular complexity index is 667. The van der Waals surface area contributed by atoms with Crippen LogP contribution in [-0.4, -0.2) is 43.9 Å². The van der Waals surface area contributed by atoms with Crippen LogP contribution in [0.5, 0.6) is 5.75 Å². The predicted molar refractivity (Wildman–Crippen MR) is 90.4 cm³/mol. The number of carboxylic acid groups (broad SMARTS) is 1. The third-order valence-electron chi connectivity index (χ3n) is 2.79. The van der Waals surface area contributed by atoms with Crippen molar-refractivity contribution in [2.75, 3.05) is 26.9 Å². The molecule has 128 valence electrons. The Balaban J connectivity index is 2.78. The standard InChI is InChI=1S/C16H17BrN2O5/c1-23-6-2-5-19-16(22)12(9-18)7-11-3-4-14(13(17)8-11)24-10-15(20)21/h3-4,7-8H,2,5-6,10H2,1H3,(H,19,22)(H,20,21)/b12-7+. The molecule has 1 amide bonds. The predicted octanol–water partition coefficient (Wildman–Crippen LogP) is 1.97. The normalized spacial score (nSPS) is 10.8. The molecule has 0 spiro atoms. The lowest BCUT2D eigenvalue weighted by atomic mass is 10.1. The van der Waals surface area contributed by atoms with E-state index in [-0.39, 0.29) is 5.57 Å². The number of hydrogen-bond acceptors (Lipinski definition) is 5. The molecule has 0 saturated heterocycles. The largest absolute Gasteiger partial charge is 0.481 e. The zero-order chi connectivity index (χ0) is 17.9. The number of aliphatic carboxylic acids is 1. The van der Waals surface area contributed by atoms with Crippen molar-refractivity contribution in [1.29, 1.82) is 5.26 Å². The zero-order valence-electron chi connectivity index (χ0n) is 13.0. The summed E-state index contributed by atoms with van der Waals surface area (Å²) in [5.41, 5.74) is 0.576. The van der Waals surface area contributed by atoms with Gasteiger partial charge in [-0.15, -0.1) is 0 Å². The van der Waals surface area contributed by atoms with Crippen LogP contribution in [0.1, 0.15) is 12.0 Å². The van der Waals surface area contributed by atoms with Crippen LogP contribution in [0.4, 0.5) is 0 Å². The van der Waals surface area contributed by atoms with E-state index in [1.54, 1.807) is 25.3 Å². The number of methoxy groups -OCH3 is 1. The Kier molecular flexibility index (Phi) is 8.54. The van der Waals surface area contributed by atoms with Gasteiger partial charge >= 0.3 is 5.97 Å². The lowest BCUT2D eigenvalue weighted by Crippen LogP contribution is -2.26. The molecule has 8 heteroatoms. The van der Waals surface area contributed by atoms with E-state index in [1.165, 1.54) is 6.08 Å². The van der Waals surface area contributed by atoms with Crippen LogP contribution >= 0.6 is 15.9 Å². The molecule has 0 radical (unpaired) electrons. The summed E-state index contributed by atoms with van der Waals surface area (Å²) in [4.78, 5) is 22.4. The first-order valence-electron chi connectivity index (χ1n) is 7.01. The highest BCUT2D eigenvalue weighted by molar-refractivity contribution is 9.10. The highest BCUT2D eigenvalue weighted by Crippen LogP contribution is 2.27. The van der Waals surface area contributed by atoms with Crippen LogP contribution in [-0.2, 0) is 14.3 Å². The second kappa shape index (κ2) is 10.4. The third kappa shape index (κ3) is 6.81. The average molecular weight is 397 g/mol. The second-order valence-corrected chi connectivity index (χ2v) is 5.50. The number of carbonyl (C=O) groups is 2. The van der Waals surface area contributed by atoms with E-state index in [0.717, 1.165) is 0 Å². The SMILES string of the molecule is COCCCNC(=O)/C(C#N)=C/c1ccc(OCC(=O)O)c(Br)c1. The number of benzene rings is 1. The van der Waals surface area contributed by atoms with Crippen LogP contribution < -0.4 is 10.1 Å². The summed E-state index contributed by atoms with van der Waals surface area (Å²) >= 11 is 3.26. The molecular weight excluding hydrogens is 380 g/mol. The highest BCUT2D eigenvalue weighted by atomic mass is 79.9. The van der Waals surface area contributed by atoms with Gasteiger partial charge in [0.15, 0.2) is 6.61 Å². The Morgan fingerprint density at radius 3 is 2.79 bits per heavy atom. The first kappa shape index (κ1) is 19.7. The van der Waals surface area contributed by atoms with Gasteiger partial charge in [-0.05, 0) is 46.1 Å². The number of hydrogen-bond donors (Lipinski definition) is 2. The lowest BCUT2D eigenvalue weighted by molar-refractivity contribution is -0.139. The Morgan fingerprint density at radius 2 is 2.21 bits per heavy atom. The van der Waals surface area contributed by atoms with Crippen molar-refractivity contribution in [3.05, 3.63) is 33.8 Å². The fourth-order valence-electron chi connectivity index (χ4n) is 1.69. The fourth-order valence-corrected chi connectivity index (χ4v) is 2.20. The average Bonchev–Trinajstić information content (AvgIpc) is 2.55. The summed E-state index contributed by atoms with van der Waals surface area (Å²) in [6.07, 6.45) is 2.10. The molecule has 0 aliphatic heterocycles. The van der Waals surface area contributed by atoms with E-state index >= 15 is 0 Å². The smallest absolute Gasteiger partial charge is 0.341 e. The van der Waals surface area contributed by atoms with Crippen LogP contribution in [0.3, 0.4) is 0 Å². The Hall–Kier alpha value is -2.37. The summed E-state index contributed by atoms with van der Waals surface area (Å²) in [5, 5.41) is 20.4. The third-order valence-corrected chi connectivity index (χ3v) is 3.41. The van der Waals surface area contributed by atoms with Gasteiger partial charge in [0, 0.05) is 20.3 Å². The molecule has 0 heterocycles. The highest BCUT2D eigenvalue weighted by Gasteiger charge is 2.10. The van der Waals surface area contributed by atoms with Gasteiger partial charge in [0.25, 0.3) is 5.91 Å². The fraction of sp³-hybridized carbons (Fsp3) is 0.312. The number of ether oxygens (including phenoxy) is 2. The minimum atomic E-state index is -1.08. The first-order chi connectivity index (χ1) is 11.5.